The molecule has 0 fully saturated rings. The zero-order valence-corrected chi connectivity index (χ0v) is 13.0. The van der Waals surface area contributed by atoms with Crippen LogP contribution in [0.5, 0.6) is 5.75 Å². The fourth-order valence-electron chi connectivity index (χ4n) is 2.06. The van der Waals surface area contributed by atoms with Gasteiger partial charge in [-0.05, 0) is 24.1 Å². The smallest absolute Gasteiger partial charge is 0.217 e. The highest BCUT2D eigenvalue weighted by molar-refractivity contribution is 14.1. The summed E-state index contributed by atoms with van der Waals surface area (Å²) in [5.41, 5.74) is 0.993. The molecule has 0 spiro atoms. The van der Waals surface area contributed by atoms with E-state index in [1.54, 1.807) is 7.11 Å². The highest BCUT2D eigenvalue weighted by atomic mass is 127. The van der Waals surface area contributed by atoms with Gasteiger partial charge in [0.25, 0.3) is 0 Å². The van der Waals surface area contributed by atoms with Gasteiger partial charge in [-0.1, -0.05) is 42.5 Å². The zero-order chi connectivity index (χ0) is 13.1. The minimum Gasteiger partial charge on any atom is -0.497 e. The molecule has 18 heavy (non-hydrogen) atoms. The van der Waals surface area contributed by atoms with Crippen LogP contribution in [0.2, 0.25) is 0 Å². The molecule has 0 aliphatic carbocycles. The van der Waals surface area contributed by atoms with E-state index in [0.29, 0.717) is 5.92 Å². The van der Waals surface area contributed by atoms with E-state index in [9.17, 15) is 0 Å². The number of hydrogen-bond donors (Lipinski definition) is 0. The Morgan fingerprint density at radius 1 is 1.44 bits per heavy atom. The molecule has 0 amide bonds. The molecule has 0 saturated carbocycles. The second kappa shape index (κ2) is 5.91. The number of hydrogen-bond acceptors (Lipinski definition) is 3. The minimum absolute atomic E-state index is 0.183. The average Bonchev–Trinajstić information content (AvgIpc) is 2.83. The molecule has 0 saturated heterocycles. The molecule has 1 aliphatic rings. The van der Waals surface area contributed by atoms with Gasteiger partial charge in [-0.2, -0.15) is 0 Å². The maximum atomic E-state index is 6.00. The van der Waals surface area contributed by atoms with Gasteiger partial charge >= 0.3 is 0 Å². The number of ether oxygens (including phenoxy) is 2. The monoisotopic (exact) mass is 359 g/mol. The first-order chi connectivity index (χ1) is 8.65. The van der Waals surface area contributed by atoms with E-state index in [-0.39, 0.29) is 12.1 Å². The van der Waals surface area contributed by atoms with Crippen LogP contribution >= 0.6 is 22.6 Å². The van der Waals surface area contributed by atoms with Crippen molar-refractivity contribution in [3.63, 3.8) is 0 Å². The van der Waals surface area contributed by atoms with Crippen LogP contribution < -0.4 is 4.74 Å². The van der Waals surface area contributed by atoms with E-state index in [2.05, 4.69) is 41.4 Å². The Morgan fingerprint density at radius 2 is 2.22 bits per heavy atom. The number of aliphatic imine (C=N–C) groups is 1. The predicted molar refractivity (Wildman–Crippen MR) is 81.9 cm³/mol. The van der Waals surface area contributed by atoms with Crippen LogP contribution in [-0.2, 0) is 4.74 Å². The maximum Gasteiger partial charge on any atom is 0.217 e. The van der Waals surface area contributed by atoms with E-state index in [4.69, 9.17) is 9.47 Å². The van der Waals surface area contributed by atoms with E-state index >= 15 is 0 Å². The Bertz CT molecular complexity index is 445. The van der Waals surface area contributed by atoms with Crippen molar-refractivity contribution in [2.24, 2.45) is 10.9 Å². The molecular weight excluding hydrogens is 341 g/mol. The average molecular weight is 359 g/mol. The normalized spacial score (nSPS) is 22.8. The first-order valence-corrected chi connectivity index (χ1v) is 7.63. The third-order valence-electron chi connectivity index (χ3n) is 3.04. The first-order valence-electron chi connectivity index (χ1n) is 6.10. The maximum absolute atomic E-state index is 6.00. The molecule has 4 heteroatoms. The summed E-state index contributed by atoms with van der Waals surface area (Å²) in [6.45, 7) is 4.35. The van der Waals surface area contributed by atoms with Crippen LogP contribution in [0, 0.1) is 5.92 Å². The summed E-state index contributed by atoms with van der Waals surface area (Å²) < 4.78 is 12.2. The van der Waals surface area contributed by atoms with Crippen LogP contribution in [0.4, 0.5) is 0 Å². The molecule has 0 N–H and O–H groups in total. The molecule has 1 aromatic rings. The number of methoxy groups -OCH3 is 1. The minimum atomic E-state index is 0.183. The number of halogens is 1. The molecular formula is C14H18INO2. The van der Waals surface area contributed by atoms with Crippen molar-refractivity contribution in [2.75, 3.05) is 11.5 Å². The van der Waals surface area contributed by atoms with Crippen LogP contribution in [0.15, 0.2) is 29.3 Å². The van der Waals surface area contributed by atoms with Gasteiger partial charge in [-0.25, -0.2) is 4.99 Å². The fraction of sp³-hybridized carbons (Fsp3) is 0.500. The Hall–Kier alpha value is -0.780. The van der Waals surface area contributed by atoms with E-state index in [1.807, 2.05) is 24.3 Å². The predicted octanol–water partition coefficient (Wildman–Crippen LogP) is 3.30. The molecule has 1 aliphatic heterocycles. The third kappa shape index (κ3) is 2.79. The molecule has 3 nitrogen and oxygen atoms in total. The topological polar surface area (TPSA) is 30.8 Å². The van der Waals surface area contributed by atoms with E-state index in [1.165, 1.54) is 0 Å². The Kier molecular flexibility index (Phi) is 4.48. The van der Waals surface area contributed by atoms with Crippen molar-refractivity contribution in [3.05, 3.63) is 29.8 Å². The van der Waals surface area contributed by atoms with Gasteiger partial charge < -0.3 is 9.47 Å². The number of benzene rings is 1. The van der Waals surface area contributed by atoms with Gasteiger partial charge in [0.2, 0.25) is 5.90 Å². The van der Waals surface area contributed by atoms with Gasteiger partial charge in [0.1, 0.15) is 11.9 Å². The van der Waals surface area contributed by atoms with Gasteiger partial charge in [-0.3, -0.25) is 0 Å². The lowest BCUT2D eigenvalue weighted by molar-refractivity contribution is 0.148. The number of nitrogens with zero attached hydrogens (tertiary/aromatic N) is 1. The Labute approximate surface area is 122 Å². The summed E-state index contributed by atoms with van der Waals surface area (Å²) in [6, 6.07) is 8.11. The van der Waals surface area contributed by atoms with E-state index < -0.39 is 0 Å². The van der Waals surface area contributed by atoms with E-state index in [0.717, 1.165) is 21.6 Å². The largest absolute Gasteiger partial charge is 0.497 e. The van der Waals surface area contributed by atoms with Crippen molar-refractivity contribution < 1.29 is 9.47 Å². The summed E-state index contributed by atoms with van der Waals surface area (Å²) in [5.74, 6) is 2.05. The van der Waals surface area contributed by atoms with Crippen molar-refractivity contribution in [1.82, 2.24) is 0 Å². The van der Waals surface area contributed by atoms with Crippen molar-refractivity contribution >= 4 is 28.5 Å². The van der Waals surface area contributed by atoms with Crippen molar-refractivity contribution in [2.45, 2.75) is 26.0 Å². The summed E-state index contributed by atoms with van der Waals surface area (Å²) in [6.07, 6.45) is 0.183. The second-order valence-corrected chi connectivity index (χ2v) is 5.60. The fourth-order valence-corrected chi connectivity index (χ4v) is 2.76. The van der Waals surface area contributed by atoms with Gasteiger partial charge in [0.05, 0.1) is 13.2 Å². The molecule has 1 heterocycles. The van der Waals surface area contributed by atoms with Gasteiger partial charge in [0, 0.05) is 9.99 Å². The lowest BCUT2D eigenvalue weighted by Gasteiger charge is -2.19. The van der Waals surface area contributed by atoms with Crippen LogP contribution in [0.25, 0.3) is 0 Å². The lowest BCUT2D eigenvalue weighted by atomic mass is 10.0. The highest BCUT2D eigenvalue weighted by Crippen LogP contribution is 2.26. The molecule has 2 atom stereocenters. The Balaban J connectivity index is 2.23. The number of rotatable bonds is 4. The van der Waals surface area contributed by atoms with Crippen LogP contribution in [0.1, 0.15) is 19.4 Å². The summed E-state index contributed by atoms with van der Waals surface area (Å²) >= 11 is 2.37. The highest BCUT2D eigenvalue weighted by Gasteiger charge is 2.33. The molecule has 98 valence electrons. The SMILES string of the molecule is COc1cccc(C2=NC(CI)C(C(C)C)O2)c1. The number of alkyl halides is 1. The molecule has 0 bridgehead atoms. The zero-order valence-electron chi connectivity index (χ0n) is 10.9. The standard InChI is InChI=1S/C14H18INO2/c1-9(2)13-12(8-15)16-14(18-13)10-5-4-6-11(7-10)17-3/h4-7,9,12-13H,8H2,1-3H3. The summed E-state index contributed by atoms with van der Waals surface area (Å²) in [5, 5.41) is 0. The van der Waals surface area contributed by atoms with Gasteiger partial charge in [0.15, 0.2) is 0 Å². The van der Waals surface area contributed by atoms with Crippen molar-refractivity contribution in [1.29, 1.82) is 0 Å². The molecule has 2 unspecified atom stereocenters. The second-order valence-electron chi connectivity index (χ2n) is 4.71. The third-order valence-corrected chi connectivity index (χ3v) is 3.94. The van der Waals surface area contributed by atoms with Crippen LogP contribution in [-0.4, -0.2) is 29.6 Å². The van der Waals surface area contributed by atoms with Crippen molar-refractivity contribution in [3.8, 4) is 5.75 Å². The molecule has 0 radical (unpaired) electrons. The molecule has 2 rings (SSSR count). The quantitative estimate of drug-likeness (QED) is 0.610. The first kappa shape index (κ1) is 13.6. The summed E-state index contributed by atoms with van der Waals surface area (Å²) in [4.78, 5) is 4.69. The summed E-state index contributed by atoms with van der Waals surface area (Å²) in [7, 11) is 1.67. The lowest BCUT2D eigenvalue weighted by Crippen LogP contribution is -2.29. The van der Waals surface area contributed by atoms with Crippen LogP contribution in [0.3, 0.4) is 0 Å². The molecule has 0 aromatic heterocycles. The molecule has 1 aromatic carbocycles. The Morgan fingerprint density at radius 3 is 2.78 bits per heavy atom. The van der Waals surface area contributed by atoms with Gasteiger partial charge in [-0.15, -0.1) is 0 Å².